The van der Waals surface area contributed by atoms with E-state index in [0.717, 1.165) is 49.7 Å². The van der Waals surface area contributed by atoms with Gasteiger partial charge < -0.3 is 29.9 Å². The number of hydrogen-bond acceptors (Lipinski definition) is 6. The first-order valence-electron chi connectivity index (χ1n) is 12.7. The van der Waals surface area contributed by atoms with E-state index in [1.807, 2.05) is 37.3 Å². The average Bonchev–Trinajstić information content (AvgIpc) is 2.95. The molecule has 1 fully saturated rings. The van der Waals surface area contributed by atoms with Crippen LogP contribution in [0.1, 0.15) is 23.7 Å². The third kappa shape index (κ3) is 6.89. The van der Waals surface area contributed by atoms with Gasteiger partial charge in [0.05, 0.1) is 18.4 Å². The number of carbonyl (C=O) groups is 2. The second-order valence-corrected chi connectivity index (χ2v) is 9.36. The molecule has 2 N–H and O–H groups in total. The van der Waals surface area contributed by atoms with Crippen molar-refractivity contribution < 1.29 is 19.1 Å². The summed E-state index contributed by atoms with van der Waals surface area (Å²) in [4.78, 5) is 30.1. The van der Waals surface area contributed by atoms with E-state index in [9.17, 15) is 9.59 Å². The zero-order valence-corrected chi connectivity index (χ0v) is 22.5. The van der Waals surface area contributed by atoms with Crippen LogP contribution in [0.15, 0.2) is 66.7 Å². The van der Waals surface area contributed by atoms with Crippen molar-refractivity contribution in [2.45, 2.75) is 13.3 Å². The quantitative estimate of drug-likeness (QED) is 0.386. The van der Waals surface area contributed by atoms with Crippen molar-refractivity contribution in [1.29, 1.82) is 0 Å². The van der Waals surface area contributed by atoms with E-state index in [0.29, 0.717) is 28.6 Å². The number of nitrogens with zero attached hydrogens (tertiary/aromatic N) is 2. The lowest BCUT2D eigenvalue weighted by molar-refractivity contribution is -0.118. The Morgan fingerprint density at radius 1 is 0.921 bits per heavy atom. The van der Waals surface area contributed by atoms with Crippen LogP contribution < -0.4 is 29.9 Å². The zero-order chi connectivity index (χ0) is 26.9. The van der Waals surface area contributed by atoms with Gasteiger partial charge in [0.1, 0.15) is 11.5 Å². The summed E-state index contributed by atoms with van der Waals surface area (Å²) >= 11 is 5.89. The number of methoxy groups -OCH3 is 1. The van der Waals surface area contributed by atoms with Crippen LogP contribution in [0.5, 0.6) is 11.5 Å². The summed E-state index contributed by atoms with van der Waals surface area (Å²) in [6, 6.07) is 20.2. The van der Waals surface area contributed by atoms with Crippen molar-refractivity contribution in [1.82, 2.24) is 5.32 Å². The van der Waals surface area contributed by atoms with Crippen LogP contribution in [0.3, 0.4) is 0 Å². The highest BCUT2D eigenvalue weighted by molar-refractivity contribution is 6.30. The lowest BCUT2D eigenvalue weighted by Crippen LogP contribution is -2.47. The number of para-hydroxylation sites is 2. The Labute approximate surface area is 228 Å². The van der Waals surface area contributed by atoms with E-state index >= 15 is 0 Å². The van der Waals surface area contributed by atoms with Crippen molar-refractivity contribution in [3.63, 3.8) is 0 Å². The Hall–Kier alpha value is -3.91. The van der Waals surface area contributed by atoms with Crippen LogP contribution in [0, 0.1) is 0 Å². The topological polar surface area (TPSA) is 83.1 Å². The highest BCUT2D eigenvalue weighted by atomic mass is 35.5. The van der Waals surface area contributed by atoms with E-state index in [1.54, 1.807) is 37.4 Å². The van der Waals surface area contributed by atoms with Gasteiger partial charge in [-0.3, -0.25) is 9.59 Å². The first-order valence-corrected chi connectivity index (χ1v) is 13.1. The van der Waals surface area contributed by atoms with Gasteiger partial charge in [0.2, 0.25) is 0 Å². The van der Waals surface area contributed by atoms with Gasteiger partial charge in [-0.2, -0.15) is 0 Å². The Morgan fingerprint density at radius 3 is 2.29 bits per heavy atom. The molecule has 9 heteroatoms. The Kier molecular flexibility index (Phi) is 9.32. The average molecular weight is 537 g/mol. The maximum atomic E-state index is 13.1. The van der Waals surface area contributed by atoms with Crippen LogP contribution in [0.4, 0.5) is 17.1 Å². The summed E-state index contributed by atoms with van der Waals surface area (Å²) in [6.07, 6.45) is 0.830. The van der Waals surface area contributed by atoms with Gasteiger partial charge in [-0.1, -0.05) is 30.7 Å². The van der Waals surface area contributed by atoms with Gasteiger partial charge >= 0.3 is 0 Å². The van der Waals surface area contributed by atoms with Crippen molar-refractivity contribution in [2.75, 3.05) is 61.6 Å². The molecule has 0 saturated carbocycles. The minimum atomic E-state index is -0.321. The SMILES string of the molecule is CCCNC(=O)c1cc(NC(=O)COc2ccc(Cl)cc2)ccc1N1CCN(c2ccccc2OC)CC1. The minimum absolute atomic E-state index is 0.161. The maximum absolute atomic E-state index is 13.1. The van der Waals surface area contributed by atoms with Crippen LogP contribution in [-0.2, 0) is 4.79 Å². The molecular formula is C29H33ClN4O4. The number of benzene rings is 3. The molecule has 4 rings (SSSR count). The van der Waals surface area contributed by atoms with Crippen LogP contribution in [0.2, 0.25) is 5.02 Å². The van der Waals surface area contributed by atoms with Crippen LogP contribution in [-0.4, -0.2) is 58.3 Å². The van der Waals surface area contributed by atoms with Crippen molar-refractivity contribution in [3.8, 4) is 11.5 Å². The molecule has 8 nitrogen and oxygen atoms in total. The van der Waals surface area contributed by atoms with Crippen molar-refractivity contribution >= 4 is 40.5 Å². The molecule has 0 bridgehead atoms. The second-order valence-electron chi connectivity index (χ2n) is 8.92. The summed E-state index contributed by atoms with van der Waals surface area (Å²) in [5.74, 6) is 0.910. The molecule has 0 aliphatic carbocycles. The maximum Gasteiger partial charge on any atom is 0.262 e. The zero-order valence-electron chi connectivity index (χ0n) is 21.7. The second kappa shape index (κ2) is 13.1. The predicted octanol–water partition coefficient (Wildman–Crippen LogP) is 4.83. The van der Waals surface area contributed by atoms with Crippen molar-refractivity contribution in [2.24, 2.45) is 0 Å². The number of nitrogens with one attached hydrogen (secondary N) is 2. The highest BCUT2D eigenvalue weighted by Gasteiger charge is 2.23. The van der Waals surface area contributed by atoms with E-state index in [4.69, 9.17) is 21.1 Å². The third-order valence-electron chi connectivity index (χ3n) is 6.29. The number of hydrogen-bond donors (Lipinski definition) is 2. The monoisotopic (exact) mass is 536 g/mol. The molecule has 0 aromatic heterocycles. The van der Waals surface area contributed by atoms with E-state index in [2.05, 4.69) is 26.5 Å². The standard InChI is InChI=1S/C29H33ClN4O4/c1-3-14-31-29(36)24-19-22(32-28(35)20-38-23-11-8-21(30)9-12-23)10-13-25(24)33-15-17-34(18-16-33)26-6-4-5-7-27(26)37-2/h4-13,19H,3,14-18,20H2,1-2H3,(H,31,36)(H,32,35). The normalized spacial score (nSPS) is 13.1. The summed E-state index contributed by atoms with van der Waals surface area (Å²) < 4.78 is 11.1. The van der Waals surface area contributed by atoms with Crippen LogP contribution in [0.25, 0.3) is 0 Å². The van der Waals surface area contributed by atoms with Crippen molar-refractivity contribution in [3.05, 3.63) is 77.3 Å². The number of anilines is 3. The fourth-order valence-corrected chi connectivity index (χ4v) is 4.49. The number of carbonyl (C=O) groups excluding carboxylic acids is 2. The van der Waals surface area contributed by atoms with Gasteiger partial charge in [-0.25, -0.2) is 0 Å². The molecule has 3 aromatic carbocycles. The number of halogens is 1. The smallest absolute Gasteiger partial charge is 0.262 e. The minimum Gasteiger partial charge on any atom is -0.495 e. The fourth-order valence-electron chi connectivity index (χ4n) is 4.36. The number of ether oxygens (including phenoxy) is 2. The molecule has 200 valence electrons. The largest absolute Gasteiger partial charge is 0.495 e. The lowest BCUT2D eigenvalue weighted by Gasteiger charge is -2.38. The van der Waals surface area contributed by atoms with Gasteiger partial charge in [0, 0.05) is 49.1 Å². The molecule has 0 radical (unpaired) electrons. The summed E-state index contributed by atoms with van der Waals surface area (Å²) in [5.41, 5.74) is 2.97. The first kappa shape index (κ1) is 27.1. The fraction of sp³-hybridized carbons (Fsp3) is 0.310. The van der Waals surface area contributed by atoms with E-state index < -0.39 is 0 Å². The molecule has 38 heavy (non-hydrogen) atoms. The van der Waals surface area contributed by atoms with Crippen LogP contribution >= 0.6 is 11.6 Å². The number of piperazine rings is 1. The molecule has 1 heterocycles. The summed E-state index contributed by atoms with van der Waals surface area (Å²) in [7, 11) is 1.68. The molecule has 1 aliphatic heterocycles. The van der Waals surface area contributed by atoms with E-state index in [1.165, 1.54) is 0 Å². The summed E-state index contributed by atoms with van der Waals surface area (Å²) in [5, 5.41) is 6.40. The number of rotatable bonds is 10. The molecule has 0 atom stereocenters. The Bertz CT molecular complexity index is 1240. The Morgan fingerprint density at radius 2 is 1.61 bits per heavy atom. The molecule has 1 aliphatic rings. The molecule has 0 spiro atoms. The van der Waals surface area contributed by atoms with E-state index in [-0.39, 0.29) is 18.4 Å². The lowest BCUT2D eigenvalue weighted by atomic mass is 10.1. The van der Waals surface area contributed by atoms with Gasteiger partial charge in [-0.15, -0.1) is 0 Å². The molecule has 2 amide bonds. The molecule has 3 aromatic rings. The number of amides is 2. The summed E-state index contributed by atoms with van der Waals surface area (Å²) in [6.45, 7) is 5.49. The molecule has 0 unspecified atom stereocenters. The highest BCUT2D eigenvalue weighted by Crippen LogP contribution is 2.31. The predicted molar refractivity (Wildman–Crippen MR) is 152 cm³/mol. The molecular weight excluding hydrogens is 504 g/mol. The van der Waals surface area contributed by atoms with Gasteiger partial charge in [0.25, 0.3) is 11.8 Å². The van der Waals surface area contributed by atoms with Gasteiger partial charge in [-0.05, 0) is 61.0 Å². The Balaban J connectivity index is 1.45. The van der Waals surface area contributed by atoms with Gasteiger partial charge in [0.15, 0.2) is 6.61 Å². The third-order valence-corrected chi connectivity index (χ3v) is 6.54. The first-order chi connectivity index (χ1) is 18.5. The molecule has 1 saturated heterocycles.